The van der Waals surface area contributed by atoms with Gasteiger partial charge in [-0.1, -0.05) is 25.2 Å². The average molecular weight is 252 g/mol. The minimum absolute atomic E-state index is 0.176. The van der Waals surface area contributed by atoms with Crippen LogP contribution in [0.5, 0.6) is 0 Å². The van der Waals surface area contributed by atoms with E-state index < -0.39 is 11.6 Å². The van der Waals surface area contributed by atoms with Gasteiger partial charge in [0.1, 0.15) is 4.64 Å². The summed E-state index contributed by atoms with van der Waals surface area (Å²) < 4.78 is 27.3. The summed E-state index contributed by atoms with van der Waals surface area (Å²) in [6.07, 6.45) is 2.00. The van der Waals surface area contributed by atoms with Crippen molar-refractivity contribution in [2.45, 2.75) is 13.3 Å². The average Bonchev–Trinajstić information content (AvgIpc) is 2.32. The van der Waals surface area contributed by atoms with Gasteiger partial charge in [0.05, 0.1) is 12.0 Å². The van der Waals surface area contributed by atoms with Crippen LogP contribution in [0.1, 0.15) is 12.5 Å². The van der Waals surface area contributed by atoms with Gasteiger partial charge in [-0.15, -0.1) is 0 Å². The fraction of sp³-hybridized carbons (Fsp3) is 0.167. The monoisotopic (exact) mass is 252 g/mol. The van der Waals surface area contributed by atoms with E-state index in [1.807, 2.05) is 6.92 Å². The van der Waals surface area contributed by atoms with E-state index >= 15 is 0 Å². The Labute approximate surface area is 102 Å². The molecule has 1 heterocycles. The summed E-state index contributed by atoms with van der Waals surface area (Å²) in [5.41, 5.74) is 1.38. The number of nitrogens with one attached hydrogen (secondary N) is 1. The molecule has 2 rings (SSSR count). The van der Waals surface area contributed by atoms with Gasteiger partial charge in [0, 0.05) is 11.1 Å². The van der Waals surface area contributed by atoms with Gasteiger partial charge in [-0.3, -0.25) is 0 Å². The molecule has 1 aromatic heterocycles. The van der Waals surface area contributed by atoms with Crippen molar-refractivity contribution in [1.29, 1.82) is 0 Å². The Morgan fingerprint density at radius 2 is 2.12 bits per heavy atom. The molecule has 0 aliphatic rings. The van der Waals surface area contributed by atoms with Crippen LogP contribution >= 0.6 is 12.2 Å². The van der Waals surface area contributed by atoms with Gasteiger partial charge in [-0.05, 0) is 18.6 Å². The van der Waals surface area contributed by atoms with Crippen LogP contribution in [0.2, 0.25) is 0 Å². The first-order valence-electron chi connectivity index (χ1n) is 5.16. The summed E-state index contributed by atoms with van der Waals surface area (Å²) in [7, 11) is 0. The Kier molecular flexibility index (Phi) is 3.28. The molecule has 5 heteroatoms. The Hall–Kier alpha value is -1.62. The highest BCUT2D eigenvalue weighted by Crippen LogP contribution is 2.25. The first-order chi connectivity index (χ1) is 8.15. The topological polar surface area (TPSA) is 28.7 Å². The Morgan fingerprint density at radius 3 is 2.82 bits per heavy atom. The molecule has 0 saturated heterocycles. The Balaban J connectivity index is 2.73. The largest absolute Gasteiger partial charge is 0.345 e. The Bertz CT molecular complexity index is 608. The summed E-state index contributed by atoms with van der Waals surface area (Å²) in [6.45, 7) is 1.89. The van der Waals surface area contributed by atoms with Crippen LogP contribution in [0.25, 0.3) is 11.3 Å². The zero-order valence-electron chi connectivity index (χ0n) is 9.13. The second kappa shape index (κ2) is 4.71. The summed E-state index contributed by atoms with van der Waals surface area (Å²) in [4.78, 5) is 6.76. The predicted molar refractivity (Wildman–Crippen MR) is 64.2 cm³/mol. The van der Waals surface area contributed by atoms with E-state index in [4.69, 9.17) is 12.2 Å². The van der Waals surface area contributed by atoms with Crippen molar-refractivity contribution >= 4 is 12.2 Å². The maximum Gasteiger partial charge on any atom is 0.168 e. The van der Waals surface area contributed by atoms with Crippen LogP contribution in [-0.2, 0) is 6.42 Å². The molecule has 2 aromatic rings. The van der Waals surface area contributed by atoms with Crippen molar-refractivity contribution in [1.82, 2.24) is 9.97 Å². The molecule has 0 fully saturated rings. The Morgan fingerprint density at radius 1 is 1.35 bits per heavy atom. The summed E-state index contributed by atoms with van der Waals surface area (Å²) in [5.74, 6) is -1.75. The molecule has 0 unspecified atom stereocenters. The lowest BCUT2D eigenvalue weighted by Gasteiger charge is -2.08. The van der Waals surface area contributed by atoms with Crippen LogP contribution in [0, 0.1) is 16.3 Å². The smallest absolute Gasteiger partial charge is 0.168 e. The van der Waals surface area contributed by atoms with E-state index in [1.165, 1.54) is 18.5 Å². The minimum Gasteiger partial charge on any atom is -0.345 e. The number of halogens is 2. The molecule has 0 aliphatic carbocycles. The van der Waals surface area contributed by atoms with E-state index in [-0.39, 0.29) is 5.56 Å². The van der Waals surface area contributed by atoms with Crippen LogP contribution in [0.3, 0.4) is 0 Å². The standard InChI is InChI=1S/C12H10F2N2S/c1-2-7-11(15-6-16-12(7)17)8-4-3-5-9(13)10(8)14/h3-6H,2H2,1H3,(H,15,16,17). The molecule has 0 spiro atoms. The molecular formula is C12H10F2N2S. The lowest BCUT2D eigenvalue weighted by atomic mass is 10.0. The molecule has 88 valence electrons. The molecule has 1 aromatic carbocycles. The zero-order chi connectivity index (χ0) is 12.4. The molecule has 0 saturated carbocycles. The van der Waals surface area contributed by atoms with Gasteiger partial charge >= 0.3 is 0 Å². The lowest BCUT2D eigenvalue weighted by Crippen LogP contribution is -1.98. The van der Waals surface area contributed by atoms with E-state index in [2.05, 4.69) is 9.97 Å². The third-order valence-electron chi connectivity index (χ3n) is 2.53. The quantitative estimate of drug-likeness (QED) is 0.826. The number of rotatable bonds is 2. The predicted octanol–water partition coefficient (Wildman–Crippen LogP) is 3.65. The number of aromatic amines is 1. The van der Waals surface area contributed by atoms with Gasteiger partial charge in [0.2, 0.25) is 0 Å². The maximum absolute atomic E-state index is 13.7. The number of nitrogens with zero attached hydrogens (tertiary/aromatic N) is 1. The molecule has 0 aliphatic heterocycles. The van der Waals surface area contributed by atoms with Crippen molar-refractivity contribution in [3.05, 3.63) is 46.4 Å². The highest BCUT2D eigenvalue weighted by molar-refractivity contribution is 7.71. The first-order valence-corrected chi connectivity index (χ1v) is 5.57. The van der Waals surface area contributed by atoms with E-state index in [9.17, 15) is 8.78 Å². The normalized spacial score (nSPS) is 10.5. The fourth-order valence-corrected chi connectivity index (χ4v) is 1.99. The molecule has 17 heavy (non-hydrogen) atoms. The highest BCUT2D eigenvalue weighted by Gasteiger charge is 2.13. The van der Waals surface area contributed by atoms with Crippen molar-refractivity contribution in [3.63, 3.8) is 0 Å². The van der Waals surface area contributed by atoms with Crippen molar-refractivity contribution < 1.29 is 8.78 Å². The molecule has 0 radical (unpaired) electrons. The molecule has 2 nitrogen and oxygen atoms in total. The van der Waals surface area contributed by atoms with Crippen molar-refractivity contribution in [3.8, 4) is 11.3 Å². The van der Waals surface area contributed by atoms with E-state index in [1.54, 1.807) is 0 Å². The van der Waals surface area contributed by atoms with E-state index in [0.29, 0.717) is 22.3 Å². The molecule has 1 N–H and O–H groups in total. The minimum atomic E-state index is -0.876. The third kappa shape index (κ3) is 2.10. The summed E-state index contributed by atoms with van der Waals surface area (Å²) >= 11 is 5.07. The lowest BCUT2D eigenvalue weighted by molar-refractivity contribution is 0.511. The van der Waals surface area contributed by atoms with Crippen molar-refractivity contribution in [2.24, 2.45) is 0 Å². The van der Waals surface area contributed by atoms with Crippen LogP contribution in [-0.4, -0.2) is 9.97 Å². The number of hydrogen-bond donors (Lipinski definition) is 1. The number of aromatic nitrogens is 2. The molecule has 0 amide bonds. The maximum atomic E-state index is 13.7. The van der Waals surface area contributed by atoms with Gasteiger partial charge in [0.15, 0.2) is 11.6 Å². The number of H-pyrrole nitrogens is 1. The zero-order valence-corrected chi connectivity index (χ0v) is 9.94. The van der Waals surface area contributed by atoms with E-state index in [0.717, 1.165) is 6.07 Å². The molecule has 0 bridgehead atoms. The summed E-state index contributed by atoms with van der Waals surface area (Å²) in [6, 6.07) is 4.06. The second-order valence-corrected chi connectivity index (χ2v) is 3.90. The van der Waals surface area contributed by atoms with Gasteiger partial charge in [-0.25, -0.2) is 13.8 Å². The first kappa shape index (κ1) is 11.9. The van der Waals surface area contributed by atoms with Gasteiger partial charge in [-0.2, -0.15) is 0 Å². The van der Waals surface area contributed by atoms with Crippen molar-refractivity contribution in [2.75, 3.05) is 0 Å². The van der Waals surface area contributed by atoms with Crippen LogP contribution < -0.4 is 0 Å². The van der Waals surface area contributed by atoms with Crippen LogP contribution in [0.4, 0.5) is 8.78 Å². The second-order valence-electron chi connectivity index (χ2n) is 3.52. The third-order valence-corrected chi connectivity index (χ3v) is 2.88. The highest BCUT2D eigenvalue weighted by atomic mass is 32.1. The summed E-state index contributed by atoms with van der Waals surface area (Å²) in [5, 5.41) is 0. The molecule has 0 atom stereocenters. The van der Waals surface area contributed by atoms with Gasteiger partial charge in [0.25, 0.3) is 0 Å². The van der Waals surface area contributed by atoms with Crippen LogP contribution in [0.15, 0.2) is 24.5 Å². The fourth-order valence-electron chi connectivity index (χ4n) is 1.69. The van der Waals surface area contributed by atoms with Gasteiger partial charge < -0.3 is 4.98 Å². The molecular weight excluding hydrogens is 242 g/mol. The number of benzene rings is 1. The number of hydrogen-bond acceptors (Lipinski definition) is 2. The SMILES string of the molecule is CCc1c(-c2cccc(F)c2F)[nH]cnc1=S.